The van der Waals surface area contributed by atoms with Gasteiger partial charge in [-0.2, -0.15) is 0 Å². The molecule has 0 aliphatic carbocycles. The van der Waals surface area contributed by atoms with Gasteiger partial charge in [-0.1, -0.05) is 52.4 Å². The Labute approximate surface area is 163 Å². The van der Waals surface area contributed by atoms with Gasteiger partial charge in [0.2, 0.25) is 0 Å². The molecule has 4 nitrogen and oxygen atoms in total. The number of aromatic nitrogens is 1. The number of non-ortho nitro benzene ring substituents is 1. The summed E-state index contributed by atoms with van der Waals surface area (Å²) in [6, 6.07) is 7.03. The van der Waals surface area contributed by atoms with Crippen LogP contribution in [0.1, 0.15) is 76.5 Å². The van der Waals surface area contributed by atoms with Crippen LogP contribution >= 0.6 is 0 Å². The van der Waals surface area contributed by atoms with Crippen LogP contribution in [0.4, 0.5) is 5.69 Å². The van der Waals surface area contributed by atoms with Gasteiger partial charge in [-0.25, -0.2) is 0 Å². The van der Waals surface area contributed by atoms with Crippen LogP contribution in [0.5, 0.6) is 0 Å². The molecule has 2 aromatic rings. The standard InChI is InChI=1S/C23H34N2O2/c1-4-6-8-9-10-11-12-21-18-24(17-7-5-2)19(3)23(21)20-13-15-22(16-14-20)25(26)27/h13-16,18H,4-12,17H2,1-3H3. The molecule has 0 N–H and O–H groups in total. The predicted molar refractivity (Wildman–Crippen MR) is 113 cm³/mol. The Bertz CT molecular complexity index is 717. The van der Waals surface area contributed by atoms with Crippen LogP contribution in [-0.2, 0) is 13.0 Å². The fraction of sp³-hybridized carbons (Fsp3) is 0.565. The first-order valence-electron chi connectivity index (χ1n) is 10.5. The topological polar surface area (TPSA) is 48.1 Å². The summed E-state index contributed by atoms with van der Waals surface area (Å²) in [7, 11) is 0. The fourth-order valence-corrected chi connectivity index (χ4v) is 3.72. The number of unbranched alkanes of at least 4 members (excludes halogenated alkanes) is 6. The number of rotatable bonds is 12. The second-order valence-electron chi connectivity index (χ2n) is 7.48. The summed E-state index contributed by atoms with van der Waals surface area (Å²) in [5.74, 6) is 0. The third kappa shape index (κ3) is 5.95. The zero-order valence-corrected chi connectivity index (χ0v) is 17.2. The summed E-state index contributed by atoms with van der Waals surface area (Å²) in [4.78, 5) is 10.6. The number of hydrogen-bond donors (Lipinski definition) is 0. The molecule has 0 aliphatic heterocycles. The van der Waals surface area contributed by atoms with Crippen LogP contribution in [0.25, 0.3) is 11.1 Å². The third-order valence-electron chi connectivity index (χ3n) is 5.34. The molecule has 1 aromatic heterocycles. The minimum atomic E-state index is -0.333. The van der Waals surface area contributed by atoms with Gasteiger partial charge in [-0.05, 0) is 49.4 Å². The summed E-state index contributed by atoms with van der Waals surface area (Å²) in [5.41, 5.74) is 5.18. The third-order valence-corrected chi connectivity index (χ3v) is 5.34. The number of nitrogens with zero attached hydrogens (tertiary/aromatic N) is 2. The molecule has 0 spiro atoms. The number of aryl methyl sites for hydroxylation is 2. The fourth-order valence-electron chi connectivity index (χ4n) is 3.72. The highest BCUT2D eigenvalue weighted by Gasteiger charge is 2.15. The first kappa shape index (κ1) is 21.2. The second kappa shape index (κ2) is 10.9. The van der Waals surface area contributed by atoms with Crippen molar-refractivity contribution in [2.24, 2.45) is 0 Å². The van der Waals surface area contributed by atoms with Crippen molar-refractivity contribution < 1.29 is 4.92 Å². The molecule has 0 fully saturated rings. The Balaban J connectivity index is 2.19. The Kier molecular flexibility index (Phi) is 8.56. The Morgan fingerprint density at radius 2 is 1.56 bits per heavy atom. The van der Waals surface area contributed by atoms with Gasteiger partial charge >= 0.3 is 0 Å². The molecule has 148 valence electrons. The summed E-state index contributed by atoms with van der Waals surface area (Å²) >= 11 is 0. The Hall–Kier alpha value is -2.10. The average molecular weight is 371 g/mol. The van der Waals surface area contributed by atoms with Crippen molar-refractivity contribution in [3.8, 4) is 11.1 Å². The SMILES string of the molecule is CCCCCCCCc1cn(CCCC)c(C)c1-c1ccc([N+](=O)[O-])cc1. The highest BCUT2D eigenvalue weighted by molar-refractivity contribution is 5.71. The first-order valence-corrected chi connectivity index (χ1v) is 10.5. The first-order chi connectivity index (χ1) is 13.1. The maximum absolute atomic E-state index is 11.0. The van der Waals surface area contributed by atoms with E-state index in [0.29, 0.717) is 0 Å². The summed E-state index contributed by atoms with van der Waals surface area (Å²) < 4.78 is 2.37. The van der Waals surface area contributed by atoms with Crippen LogP contribution in [0, 0.1) is 17.0 Å². The van der Waals surface area contributed by atoms with Gasteiger partial charge in [0.15, 0.2) is 0 Å². The van der Waals surface area contributed by atoms with Crippen molar-refractivity contribution in [3.63, 3.8) is 0 Å². The summed E-state index contributed by atoms with van der Waals surface area (Å²) in [6.07, 6.45) is 13.5. The van der Waals surface area contributed by atoms with Crippen LogP contribution in [-0.4, -0.2) is 9.49 Å². The molecule has 0 unspecified atom stereocenters. The molecule has 27 heavy (non-hydrogen) atoms. The van der Waals surface area contributed by atoms with Crippen LogP contribution in [0.3, 0.4) is 0 Å². The normalized spacial score (nSPS) is 11.1. The molecule has 1 aromatic carbocycles. The highest BCUT2D eigenvalue weighted by atomic mass is 16.6. The van der Waals surface area contributed by atoms with E-state index in [1.165, 1.54) is 68.2 Å². The molecule has 0 saturated carbocycles. The maximum atomic E-state index is 11.0. The predicted octanol–water partition coefficient (Wildman–Crippen LogP) is 7.07. The lowest BCUT2D eigenvalue weighted by Crippen LogP contribution is -1.98. The van der Waals surface area contributed by atoms with Gasteiger partial charge in [0.05, 0.1) is 4.92 Å². The lowest BCUT2D eigenvalue weighted by atomic mass is 9.97. The molecular weight excluding hydrogens is 336 g/mol. The van der Waals surface area contributed by atoms with Crippen molar-refractivity contribution in [2.45, 2.75) is 85.1 Å². The summed E-state index contributed by atoms with van der Waals surface area (Å²) in [5, 5.41) is 11.0. The molecule has 4 heteroatoms. The van der Waals surface area contributed by atoms with E-state index in [9.17, 15) is 10.1 Å². The molecule has 1 heterocycles. The van der Waals surface area contributed by atoms with Crippen molar-refractivity contribution in [1.29, 1.82) is 0 Å². The number of hydrogen-bond acceptors (Lipinski definition) is 2. The molecule has 0 bridgehead atoms. The van der Waals surface area contributed by atoms with E-state index in [1.807, 2.05) is 12.1 Å². The molecule has 0 atom stereocenters. The van der Waals surface area contributed by atoms with E-state index in [1.54, 1.807) is 12.1 Å². The lowest BCUT2D eigenvalue weighted by molar-refractivity contribution is -0.384. The molecular formula is C23H34N2O2. The Morgan fingerprint density at radius 3 is 2.19 bits per heavy atom. The summed E-state index contributed by atoms with van der Waals surface area (Å²) in [6.45, 7) is 7.68. The van der Waals surface area contributed by atoms with Crippen molar-refractivity contribution in [1.82, 2.24) is 4.57 Å². The van der Waals surface area contributed by atoms with Crippen molar-refractivity contribution >= 4 is 5.69 Å². The van der Waals surface area contributed by atoms with Crippen molar-refractivity contribution in [2.75, 3.05) is 0 Å². The van der Waals surface area contributed by atoms with E-state index in [4.69, 9.17) is 0 Å². The van der Waals surface area contributed by atoms with Gasteiger partial charge in [0.1, 0.15) is 0 Å². The van der Waals surface area contributed by atoms with Gasteiger partial charge in [-0.3, -0.25) is 10.1 Å². The van der Waals surface area contributed by atoms with E-state index < -0.39 is 0 Å². The van der Waals surface area contributed by atoms with E-state index >= 15 is 0 Å². The number of nitro benzene ring substituents is 1. The average Bonchev–Trinajstić information content (AvgIpc) is 2.98. The molecule has 0 amide bonds. The minimum absolute atomic E-state index is 0.152. The smallest absolute Gasteiger partial charge is 0.269 e. The highest BCUT2D eigenvalue weighted by Crippen LogP contribution is 2.32. The van der Waals surface area contributed by atoms with E-state index in [2.05, 4.69) is 31.5 Å². The van der Waals surface area contributed by atoms with E-state index in [-0.39, 0.29) is 10.6 Å². The Morgan fingerprint density at radius 1 is 0.926 bits per heavy atom. The van der Waals surface area contributed by atoms with Gasteiger partial charge in [0.25, 0.3) is 5.69 Å². The van der Waals surface area contributed by atoms with E-state index in [0.717, 1.165) is 18.5 Å². The maximum Gasteiger partial charge on any atom is 0.269 e. The number of nitro groups is 1. The molecule has 0 saturated heterocycles. The number of benzene rings is 1. The zero-order valence-electron chi connectivity index (χ0n) is 17.2. The van der Waals surface area contributed by atoms with Crippen LogP contribution in [0.2, 0.25) is 0 Å². The van der Waals surface area contributed by atoms with Gasteiger partial charge in [0, 0.05) is 36.1 Å². The second-order valence-corrected chi connectivity index (χ2v) is 7.48. The quantitative estimate of drug-likeness (QED) is 0.228. The van der Waals surface area contributed by atoms with Gasteiger partial charge < -0.3 is 4.57 Å². The molecule has 0 aliphatic rings. The van der Waals surface area contributed by atoms with Crippen LogP contribution < -0.4 is 0 Å². The van der Waals surface area contributed by atoms with Crippen LogP contribution in [0.15, 0.2) is 30.5 Å². The largest absolute Gasteiger partial charge is 0.351 e. The van der Waals surface area contributed by atoms with Gasteiger partial charge in [-0.15, -0.1) is 0 Å². The monoisotopic (exact) mass is 370 g/mol. The molecule has 2 rings (SSSR count). The molecule has 0 radical (unpaired) electrons. The minimum Gasteiger partial charge on any atom is -0.351 e. The van der Waals surface area contributed by atoms with Crippen molar-refractivity contribution in [3.05, 3.63) is 51.8 Å². The zero-order chi connectivity index (χ0) is 19.6. The lowest BCUT2D eigenvalue weighted by Gasteiger charge is -2.08.